The molecule has 0 aliphatic carbocycles. The molecule has 3 nitrogen and oxygen atoms in total. The number of halogens is 1. The minimum Gasteiger partial charge on any atom is -0.336 e. The smallest absolute Gasteiger partial charge is 0.130 e. The Morgan fingerprint density at radius 1 is 1.41 bits per heavy atom. The lowest BCUT2D eigenvalue weighted by Gasteiger charge is -2.16. The van der Waals surface area contributed by atoms with E-state index in [-0.39, 0.29) is 11.9 Å². The molecule has 2 rings (SSSR count). The van der Waals surface area contributed by atoms with Crippen molar-refractivity contribution in [2.75, 3.05) is 7.05 Å². The third kappa shape index (κ3) is 2.22. The molecule has 1 N–H and O–H groups in total. The van der Waals surface area contributed by atoms with Crippen molar-refractivity contribution in [3.05, 3.63) is 53.4 Å². The van der Waals surface area contributed by atoms with Gasteiger partial charge in [0.15, 0.2) is 0 Å². The molecule has 0 fully saturated rings. The quantitative estimate of drug-likeness (QED) is 0.880. The van der Waals surface area contributed by atoms with Crippen LogP contribution in [0.4, 0.5) is 4.39 Å². The zero-order valence-electron chi connectivity index (χ0n) is 10.2. The first-order valence-electron chi connectivity index (χ1n) is 5.54. The largest absolute Gasteiger partial charge is 0.336 e. The minimum absolute atomic E-state index is 0.0925. The van der Waals surface area contributed by atoms with Gasteiger partial charge < -0.3 is 9.88 Å². The van der Waals surface area contributed by atoms with E-state index >= 15 is 0 Å². The van der Waals surface area contributed by atoms with Gasteiger partial charge in [-0.3, -0.25) is 0 Å². The fraction of sp³-hybridized carbons (Fsp3) is 0.308. The first-order chi connectivity index (χ1) is 8.13. The van der Waals surface area contributed by atoms with Crippen LogP contribution in [0, 0.1) is 12.7 Å². The maximum absolute atomic E-state index is 13.6. The average Bonchev–Trinajstić information content (AvgIpc) is 2.71. The number of aromatic nitrogens is 2. The number of hydrogen-bond acceptors (Lipinski definition) is 2. The molecule has 0 spiro atoms. The molecule has 1 atom stereocenters. The molecule has 0 aliphatic rings. The van der Waals surface area contributed by atoms with Crippen molar-refractivity contribution in [3.8, 4) is 0 Å². The number of nitrogens with one attached hydrogen (secondary N) is 1. The van der Waals surface area contributed by atoms with E-state index in [1.807, 2.05) is 30.9 Å². The highest BCUT2D eigenvalue weighted by atomic mass is 19.1. The van der Waals surface area contributed by atoms with E-state index in [2.05, 4.69) is 10.3 Å². The van der Waals surface area contributed by atoms with Crippen molar-refractivity contribution in [1.29, 1.82) is 0 Å². The van der Waals surface area contributed by atoms with Gasteiger partial charge in [-0.25, -0.2) is 9.37 Å². The summed E-state index contributed by atoms with van der Waals surface area (Å²) in [4.78, 5) is 4.29. The lowest BCUT2D eigenvalue weighted by molar-refractivity contribution is 0.592. The third-order valence-electron chi connectivity index (χ3n) is 2.93. The summed E-state index contributed by atoms with van der Waals surface area (Å²) in [6.07, 6.45) is 3.62. The lowest BCUT2D eigenvalue weighted by Crippen LogP contribution is -2.21. The maximum atomic E-state index is 13.6. The molecule has 4 heteroatoms. The lowest BCUT2D eigenvalue weighted by atomic mass is 10.0. The average molecular weight is 233 g/mol. The Morgan fingerprint density at radius 3 is 2.71 bits per heavy atom. The molecular weight excluding hydrogens is 217 g/mol. The molecule has 1 aromatic heterocycles. The van der Waals surface area contributed by atoms with Gasteiger partial charge in [-0.05, 0) is 31.2 Å². The summed E-state index contributed by atoms with van der Waals surface area (Å²) in [5.41, 5.74) is 1.54. The van der Waals surface area contributed by atoms with Crippen LogP contribution in [0.3, 0.4) is 0 Å². The Hall–Kier alpha value is -1.68. The van der Waals surface area contributed by atoms with Gasteiger partial charge in [0.2, 0.25) is 0 Å². The Morgan fingerprint density at radius 2 is 2.18 bits per heavy atom. The van der Waals surface area contributed by atoms with Crippen LogP contribution in [0.1, 0.15) is 23.0 Å². The van der Waals surface area contributed by atoms with Crippen LogP contribution < -0.4 is 5.32 Å². The van der Waals surface area contributed by atoms with Gasteiger partial charge in [0, 0.05) is 19.4 Å². The molecule has 0 saturated carbocycles. The van der Waals surface area contributed by atoms with Gasteiger partial charge >= 0.3 is 0 Å². The Bertz CT molecular complexity index is 519. The SMILES string of the molecule is CNC(c1ccc(C)c(F)c1)c1nccn1C. The monoisotopic (exact) mass is 233 g/mol. The van der Waals surface area contributed by atoms with Crippen LogP contribution in [0.15, 0.2) is 30.6 Å². The summed E-state index contributed by atoms with van der Waals surface area (Å²) in [5, 5.41) is 3.16. The summed E-state index contributed by atoms with van der Waals surface area (Å²) < 4.78 is 15.5. The Kier molecular flexibility index (Phi) is 3.24. The second-order valence-electron chi connectivity index (χ2n) is 4.13. The van der Waals surface area contributed by atoms with Crippen LogP contribution in [0.2, 0.25) is 0 Å². The van der Waals surface area contributed by atoms with Gasteiger partial charge in [-0.1, -0.05) is 12.1 Å². The molecule has 0 radical (unpaired) electrons. The summed E-state index contributed by atoms with van der Waals surface area (Å²) in [5.74, 6) is 0.688. The molecule has 0 saturated heterocycles. The molecule has 90 valence electrons. The summed E-state index contributed by atoms with van der Waals surface area (Å²) in [6.45, 7) is 1.76. The predicted octanol–water partition coefficient (Wildman–Crippen LogP) is 2.18. The molecule has 0 bridgehead atoms. The van der Waals surface area contributed by atoms with Gasteiger partial charge in [0.1, 0.15) is 11.6 Å². The van der Waals surface area contributed by atoms with Crippen molar-refractivity contribution in [3.63, 3.8) is 0 Å². The van der Waals surface area contributed by atoms with E-state index in [0.717, 1.165) is 11.4 Å². The van der Waals surface area contributed by atoms with E-state index in [0.29, 0.717) is 5.56 Å². The molecule has 0 aliphatic heterocycles. The van der Waals surface area contributed by atoms with Crippen LogP contribution in [-0.2, 0) is 7.05 Å². The van der Waals surface area contributed by atoms with Crippen LogP contribution in [-0.4, -0.2) is 16.6 Å². The zero-order chi connectivity index (χ0) is 12.4. The zero-order valence-corrected chi connectivity index (χ0v) is 10.2. The predicted molar refractivity (Wildman–Crippen MR) is 65.2 cm³/mol. The number of rotatable bonds is 3. The molecule has 2 aromatic rings. The standard InChI is InChI=1S/C13H16FN3/c1-9-4-5-10(8-11(9)14)12(15-2)13-16-6-7-17(13)3/h4-8,12,15H,1-3H3. The number of aryl methyl sites for hydroxylation is 2. The van der Waals surface area contributed by atoms with E-state index in [9.17, 15) is 4.39 Å². The van der Waals surface area contributed by atoms with E-state index in [1.165, 1.54) is 0 Å². The van der Waals surface area contributed by atoms with Gasteiger partial charge in [0.25, 0.3) is 0 Å². The Balaban J connectivity index is 2.42. The summed E-state index contributed by atoms with van der Waals surface area (Å²) >= 11 is 0. The Labute approximate surface area is 100 Å². The number of imidazole rings is 1. The van der Waals surface area contributed by atoms with E-state index < -0.39 is 0 Å². The molecule has 1 heterocycles. The molecule has 0 amide bonds. The van der Waals surface area contributed by atoms with E-state index in [1.54, 1.807) is 25.3 Å². The highest BCUT2D eigenvalue weighted by Gasteiger charge is 2.16. The summed E-state index contributed by atoms with van der Waals surface area (Å²) in [6, 6.07) is 5.18. The fourth-order valence-electron chi connectivity index (χ4n) is 1.89. The van der Waals surface area contributed by atoms with Crippen molar-refractivity contribution < 1.29 is 4.39 Å². The normalized spacial score (nSPS) is 12.7. The minimum atomic E-state index is -0.183. The van der Waals surface area contributed by atoms with Gasteiger partial charge in [-0.2, -0.15) is 0 Å². The van der Waals surface area contributed by atoms with Gasteiger partial charge in [-0.15, -0.1) is 0 Å². The third-order valence-corrected chi connectivity index (χ3v) is 2.93. The van der Waals surface area contributed by atoms with Crippen LogP contribution >= 0.6 is 0 Å². The molecule has 1 unspecified atom stereocenters. The van der Waals surface area contributed by atoms with E-state index in [4.69, 9.17) is 0 Å². The maximum Gasteiger partial charge on any atom is 0.130 e. The number of hydrogen-bond donors (Lipinski definition) is 1. The molecule has 1 aromatic carbocycles. The summed E-state index contributed by atoms with van der Waals surface area (Å²) in [7, 11) is 3.77. The number of nitrogens with zero attached hydrogens (tertiary/aromatic N) is 2. The topological polar surface area (TPSA) is 29.9 Å². The van der Waals surface area contributed by atoms with Crippen molar-refractivity contribution in [1.82, 2.24) is 14.9 Å². The second kappa shape index (κ2) is 4.67. The highest BCUT2D eigenvalue weighted by molar-refractivity contribution is 5.29. The number of benzene rings is 1. The first kappa shape index (κ1) is 11.8. The van der Waals surface area contributed by atoms with Gasteiger partial charge in [0.05, 0.1) is 6.04 Å². The molecular formula is C13H16FN3. The first-order valence-corrected chi connectivity index (χ1v) is 5.54. The van der Waals surface area contributed by atoms with Crippen molar-refractivity contribution >= 4 is 0 Å². The fourth-order valence-corrected chi connectivity index (χ4v) is 1.89. The van der Waals surface area contributed by atoms with Crippen LogP contribution in [0.25, 0.3) is 0 Å². The van der Waals surface area contributed by atoms with Crippen LogP contribution in [0.5, 0.6) is 0 Å². The van der Waals surface area contributed by atoms with Crippen molar-refractivity contribution in [2.45, 2.75) is 13.0 Å². The second-order valence-corrected chi connectivity index (χ2v) is 4.13. The molecule has 17 heavy (non-hydrogen) atoms. The highest BCUT2D eigenvalue weighted by Crippen LogP contribution is 2.21. The van der Waals surface area contributed by atoms with Crippen molar-refractivity contribution in [2.24, 2.45) is 7.05 Å².